The van der Waals surface area contributed by atoms with Crippen molar-refractivity contribution in [2.75, 3.05) is 39.0 Å². The fraction of sp³-hybridized carbons (Fsp3) is 0.625. The minimum absolute atomic E-state index is 0.0806. The second-order valence-electron chi connectivity index (χ2n) is 10.9. The van der Waals surface area contributed by atoms with Gasteiger partial charge in [0.15, 0.2) is 0 Å². The highest BCUT2D eigenvalue weighted by atomic mass is 19.1. The molecular weight excluding hydrogens is 423 g/mol. The summed E-state index contributed by atoms with van der Waals surface area (Å²) in [6, 6.07) is 0. The van der Waals surface area contributed by atoms with Crippen LogP contribution in [0.2, 0.25) is 0 Å². The number of hydrogen-bond donors (Lipinski definition) is 2. The molecule has 1 saturated carbocycles. The fourth-order valence-electron chi connectivity index (χ4n) is 5.89. The Balaban J connectivity index is 1.32. The monoisotopic (exact) mass is 456 g/mol. The lowest BCUT2D eigenvalue weighted by Gasteiger charge is -2.40. The van der Waals surface area contributed by atoms with Gasteiger partial charge in [-0.25, -0.2) is 9.07 Å². The van der Waals surface area contributed by atoms with Crippen LogP contribution in [-0.2, 0) is 15.0 Å². The third-order valence-electron chi connectivity index (χ3n) is 8.03. The Bertz CT molecular complexity index is 1080. The molecule has 0 aromatic carbocycles. The number of nitrogens with one attached hydrogen (secondary N) is 1. The van der Waals surface area contributed by atoms with Crippen molar-refractivity contribution in [1.82, 2.24) is 19.6 Å². The van der Waals surface area contributed by atoms with Crippen LogP contribution in [0.4, 0.5) is 10.2 Å². The largest absolute Gasteiger partial charge is 0.366 e. The molecule has 0 radical (unpaired) electrons. The topological polar surface area (TPSA) is 96.5 Å². The van der Waals surface area contributed by atoms with Crippen molar-refractivity contribution in [2.24, 2.45) is 17.6 Å². The maximum atomic E-state index is 14.3. The van der Waals surface area contributed by atoms with Crippen LogP contribution in [0.5, 0.6) is 0 Å². The molecule has 8 nitrogen and oxygen atoms in total. The number of amides is 2. The molecule has 4 aliphatic rings. The van der Waals surface area contributed by atoms with E-state index in [-0.39, 0.29) is 35.1 Å². The summed E-state index contributed by atoms with van der Waals surface area (Å²) < 4.78 is 16.1. The number of primary amides is 1. The van der Waals surface area contributed by atoms with Crippen molar-refractivity contribution in [2.45, 2.75) is 50.5 Å². The highest BCUT2D eigenvalue weighted by molar-refractivity contribution is 6.04. The molecule has 5 rings (SSSR count). The molecule has 0 spiro atoms. The highest BCUT2D eigenvalue weighted by Gasteiger charge is 2.49. The summed E-state index contributed by atoms with van der Waals surface area (Å²) in [6.07, 6.45) is 6.20. The Morgan fingerprint density at radius 1 is 1.30 bits per heavy atom. The smallest absolute Gasteiger partial charge is 0.250 e. The van der Waals surface area contributed by atoms with E-state index in [2.05, 4.69) is 22.2 Å². The Labute approximate surface area is 193 Å². The zero-order chi connectivity index (χ0) is 23.7. The van der Waals surface area contributed by atoms with Crippen molar-refractivity contribution in [3.63, 3.8) is 0 Å². The maximum absolute atomic E-state index is 14.3. The van der Waals surface area contributed by atoms with Gasteiger partial charge in [0.25, 0.3) is 5.91 Å². The van der Waals surface area contributed by atoms with Crippen molar-refractivity contribution in [1.29, 1.82) is 0 Å². The van der Waals surface area contributed by atoms with Gasteiger partial charge in [0, 0.05) is 44.0 Å². The first-order chi connectivity index (χ1) is 15.5. The van der Waals surface area contributed by atoms with E-state index >= 15 is 0 Å². The van der Waals surface area contributed by atoms with E-state index in [1.165, 1.54) is 6.08 Å². The Morgan fingerprint density at radius 2 is 2.00 bits per heavy atom. The zero-order valence-electron chi connectivity index (χ0n) is 19.8. The lowest BCUT2D eigenvalue weighted by Crippen LogP contribution is -2.42. The van der Waals surface area contributed by atoms with E-state index in [4.69, 9.17) is 5.73 Å². The Kier molecular flexibility index (Phi) is 4.97. The number of nitrogens with zero attached hydrogens (tertiary/aromatic N) is 4. The second kappa shape index (κ2) is 7.41. The molecule has 1 saturated heterocycles. The number of anilines is 1. The van der Waals surface area contributed by atoms with Crippen molar-refractivity contribution in [3.8, 4) is 0 Å². The quantitative estimate of drug-likeness (QED) is 0.707. The van der Waals surface area contributed by atoms with E-state index < -0.39 is 11.4 Å². The minimum atomic E-state index is -0.751. The normalized spacial score (nSPS) is 30.3. The molecule has 2 aliphatic heterocycles. The standard InChI is InChI=1S/C24H33FN6O2/c1-23(5-7-30(8-6-23)13-14-9-16(14)22(33)29(3)4)18-12-27-31-19-17(20(26)32)10-15(25)11-24(19,2)28-21(18)31/h10,12,14,16,28H,5-9,11,13H2,1-4H3,(H2,26,32). The fourth-order valence-corrected chi connectivity index (χ4v) is 5.89. The summed E-state index contributed by atoms with van der Waals surface area (Å²) in [7, 11) is 3.65. The molecule has 9 heteroatoms. The molecule has 3 heterocycles. The molecule has 2 aliphatic carbocycles. The first kappa shape index (κ1) is 22.1. The maximum Gasteiger partial charge on any atom is 0.250 e. The first-order valence-electron chi connectivity index (χ1n) is 11.7. The van der Waals surface area contributed by atoms with Crippen molar-refractivity contribution >= 4 is 23.3 Å². The number of aromatic nitrogens is 2. The number of fused-ring (bicyclic) bond motifs is 3. The summed E-state index contributed by atoms with van der Waals surface area (Å²) in [5.74, 6) is 0.722. The average Bonchev–Trinajstić information content (AvgIpc) is 3.27. The minimum Gasteiger partial charge on any atom is -0.366 e. The number of carbonyl (C=O) groups excluding carboxylic acids is 2. The predicted octanol–water partition coefficient (Wildman–Crippen LogP) is 2.10. The summed E-state index contributed by atoms with van der Waals surface area (Å²) in [4.78, 5) is 28.4. The van der Waals surface area contributed by atoms with Crippen LogP contribution >= 0.6 is 0 Å². The number of likely N-dealkylation sites (tertiary alicyclic amines) is 1. The third-order valence-corrected chi connectivity index (χ3v) is 8.03. The van der Waals surface area contributed by atoms with Gasteiger partial charge in [0.2, 0.25) is 5.91 Å². The molecule has 3 unspecified atom stereocenters. The van der Waals surface area contributed by atoms with Crippen LogP contribution < -0.4 is 11.1 Å². The number of nitrogens with two attached hydrogens (primary N) is 1. The SMILES string of the molecule is CN(C)C(=O)C1CC1CN1CCC(C)(c2cnn3c2NC2(C)CC(F)=CC(C(N)=O)=C32)CC1. The number of hydrogen-bond acceptors (Lipinski definition) is 5. The van der Waals surface area contributed by atoms with Crippen LogP contribution in [-0.4, -0.2) is 70.7 Å². The van der Waals surface area contributed by atoms with Gasteiger partial charge in [-0.05, 0) is 51.3 Å². The molecule has 0 bridgehead atoms. The first-order valence-corrected chi connectivity index (χ1v) is 11.7. The van der Waals surface area contributed by atoms with E-state index in [9.17, 15) is 14.0 Å². The van der Waals surface area contributed by atoms with Crippen LogP contribution in [0.15, 0.2) is 23.7 Å². The van der Waals surface area contributed by atoms with Gasteiger partial charge in [-0.15, -0.1) is 0 Å². The van der Waals surface area contributed by atoms with Gasteiger partial charge < -0.3 is 20.9 Å². The lowest BCUT2D eigenvalue weighted by molar-refractivity contribution is -0.130. The van der Waals surface area contributed by atoms with Crippen LogP contribution in [0.3, 0.4) is 0 Å². The van der Waals surface area contributed by atoms with E-state index in [0.29, 0.717) is 11.6 Å². The molecule has 2 fully saturated rings. The Morgan fingerprint density at radius 3 is 2.64 bits per heavy atom. The molecule has 178 valence electrons. The molecule has 3 N–H and O–H groups in total. The highest BCUT2D eigenvalue weighted by Crippen LogP contribution is 2.50. The van der Waals surface area contributed by atoms with Gasteiger partial charge in [0.1, 0.15) is 11.6 Å². The molecule has 33 heavy (non-hydrogen) atoms. The molecule has 3 atom stereocenters. The summed E-state index contributed by atoms with van der Waals surface area (Å²) >= 11 is 0. The molecule has 1 aromatic rings. The van der Waals surface area contributed by atoms with Crippen molar-refractivity contribution in [3.05, 3.63) is 29.2 Å². The number of piperidine rings is 1. The number of rotatable bonds is 5. The van der Waals surface area contributed by atoms with Gasteiger partial charge >= 0.3 is 0 Å². The third kappa shape index (κ3) is 3.57. The van der Waals surface area contributed by atoms with Crippen LogP contribution in [0, 0.1) is 11.8 Å². The van der Waals surface area contributed by atoms with Gasteiger partial charge in [-0.3, -0.25) is 9.59 Å². The molecular formula is C24H33FN6O2. The van der Waals surface area contributed by atoms with E-state index in [0.717, 1.165) is 50.3 Å². The van der Waals surface area contributed by atoms with Crippen LogP contribution in [0.25, 0.3) is 5.70 Å². The average molecular weight is 457 g/mol. The van der Waals surface area contributed by atoms with Gasteiger partial charge in [-0.1, -0.05) is 6.92 Å². The summed E-state index contributed by atoms with van der Waals surface area (Å²) in [5.41, 5.74) is 6.65. The number of halogens is 1. The van der Waals surface area contributed by atoms with E-state index in [1.54, 1.807) is 9.58 Å². The summed E-state index contributed by atoms with van der Waals surface area (Å²) in [6.45, 7) is 7.04. The van der Waals surface area contributed by atoms with Gasteiger partial charge in [-0.2, -0.15) is 5.10 Å². The zero-order valence-corrected chi connectivity index (χ0v) is 19.8. The van der Waals surface area contributed by atoms with Crippen molar-refractivity contribution < 1.29 is 14.0 Å². The lowest BCUT2D eigenvalue weighted by atomic mass is 9.75. The Hall–Kier alpha value is -2.68. The number of carbonyl (C=O) groups is 2. The van der Waals surface area contributed by atoms with Gasteiger partial charge in [0.05, 0.1) is 23.0 Å². The molecule has 2 amide bonds. The van der Waals surface area contributed by atoms with E-state index in [1.807, 2.05) is 27.2 Å². The van der Waals surface area contributed by atoms with Crippen LogP contribution in [0.1, 0.15) is 45.1 Å². The second-order valence-corrected chi connectivity index (χ2v) is 10.9. The summed E-state index contributed by atoms with van der Waals surface area (Å²) in [5, 5.41) is 8.09. The predicted molar refractivity (Wildman–Crippen MR) is 124 cm³/mol. The molecule has 1 aromatic heterocycles.